The monoisotopic (exact) mass is 219 g/mol. The van der Waals surface area contributed by atoms with Gasteiger partial charge >= 0.3 is 0 Å². The largest absolute Gasteiger partial charge is 0.396 e. The molecule has 1 aliphatic rings. The third kappa shape index (κ3) is 3.24. The zero-order chi connectivity index (χ0) is 11.2. The molecule has 2 N–H and O–H groups in total. The number of nitrogens with one attached hydrogen (secondary N) is 1. The lowest BCUT2D eigenvalue weighted by atomic mass is 9.95. The summed E-state index contributed by atoms with van der Waals surface area (Å²) in [5.74, 6) is 0. The van der Waals surface area contributed by atoms with Crippen LogP contribution in [-0.2, 0) is 6.42 Å². The summed E-state index contributed by atoms with van der Waals surface area (Å²) in [6.07, 6.45) is 7.48. The van der Waals surface area contributed by atoms with Gasteiger partial charge in [0.15, 0.2) is 0 Å². The quantitative estimate of drug-likeness (QED) is 0.816. The predicted octanol–water partition coefficient (Wildman–Crippen LogP) is 2.97. The van der Waals surface area contributed by atoms with E-state index in [2.05, 4.69) is 29.6 Å². The van der Waals surface area contributed by atoms with Crippen LogP contribution in [0, 0.1) is 0 Å². The van der Waals surface area contributed by atoms with Crippen LogP contribution in [0.4, 0.5) is 5.69 Å². The van der Waals surface area contributed by atoms with E-state index in [1.165, 1.54) is 43.4 Å². The second-order valence-corrected chi connectivity index (χ2v) is 4.65. The fourth-order valence-electron chi connectivity index (χ4n) is 2.38. The van der Waals surface area contributed by atoms with Gasteiger partial charge in [-0.05, 0) is 37.0 Å². The van der Waals surface area contributed by atoms with Crippen LogP contribution in [0.25, 0.3) is 0 Å². The minimum Gasteiger partial charge on any atom is -0.396 e. The van der Waals surface area contributed by atoms with Gasteiger partial charge in [-0.15, -0.1) is 0 Å². The molecular formula is C14H21NO. The van der Waals surface area contributed by atoms with Gasteiger partial charge in [0.25, 0.3) is 0 Å². The number of rotatable bonds is 4. The minimum absolute atomic E-state index is 0.232. The number of aliphatic hydroxyl groups excluding tert-OH is 1. The highest BCUT2D eigenvalue weighted by Crippen LogP contribution is 2.21. The van der Waals surface area contributed by atoms with Gasteiger partial charge in [-0.1, -0.05) is 31.4 Å². The number of hydrogen-bond acceptors (Lipinski definition) is 2. The Morgan fingerprint density at radius 2 is 1.75 bits per heavy atom. The van der Waals surface area contributed by atoms with Crippen molar-refractivity contribution in [2.45, 2.75) is 44.6 Å². The number of benzene rings is 1. The molecule has 0 radical (unpaired) electrons. The molecule has 0 atom stereocenters. The summed E-state index contributed by atoms with van der Waals surface area (Å²) in [5.41, 5.74) is 2.42. The third-order valence-electron chi connectivity index (χ3n) is 3.33. The molecule has 0 bridgehead atoms. The summed E-state index contributed by atoms with van der Waals surface area (Å²) in [5, 5.41) is 12.4. The van der Waals surface area contributed by atoms with E-state index in [0.29, 0.717) is 6.04 Å². The molecule has 1 fully saturated rings. The van der Waals surface area contributed by atoms with Crippen LogP contribution < -0.4 is 5.32 Å². The van der Waals surface area contributed by atoms with E-state index in [0.717, 1.165) is 6.42 Å². The van der Waals surface area contributed by atoms with E-state index >= 15 is 0 Å². The van der Waals surface area contributed by atoms with Gasteiger partial charge in [-0.25, -0.2) is 0 Å². The number of hydrogen-bond donors (Lipinski definition) is 2. The molecule has 2 heteroatoms. The van der Waals surface area contributed by atoms with E-state index in [1.807, 2.05) is 0 Å². The smallest absolute Gasteiger partial charge is 0.0471 e. The van der Waals surface area contributed by atoms with Crippen molar-refractivity contribution in [3.63, 3.8) is 0 Å². The van der Waals surface area contributed by atoms with Gasteiger partial charge < -0.3 is 10.4 Å². The van der Waals surface area contributed by atoms with Gasteiger partial charge in [-0.3, -0.25) is 0 Å². The van der Waals surface area contributed by atoms with Crippen molar-refractivity contribution in [3.8, 4) is 0 Å². The molecule has 1 aromatic carbocycles. The highest BCUT2D eigenvalue weighted by molar-refractivity contribution is 5.45. The second kappa shape index (κ2) is 5.90. The molecule has 0 aromatic heterocycles. The van der Waals surface area contributed by atoms with E-state index < -0.39 is 0 Å². The molecular weight excluding hydrogens is 198 g/mol. The Kier molecular flexibility index (Phi) is 4.23. The first-order valence-electron chi connectivity index (χ1n) is 6.35. The molecule has 0 aliphatic heterocycles. The van der Waals surface area contributed by atoms with Crippen molar-refractivity contribution < 1.29 is 5.11 Å². The molecule has 0 heterocycles. The van der Waals surface area contributed by atoms with Crippen molar-refractivity contribution in [1.29, 1.82) is 0 Å². The first kappa shape index (κ1) is 11.5. The summed E-state index contributed by atoms with van der Waals surface area (Å²) in [6, 6.07) is 9.11. The summed E-state index contributed by atoms with van der Waals surface area (Å²) >= 11 is 0. The molecule has 2 nitrogen and oxygen atoms in total. The van der Waals surface area contributed by atoms with Crippen LogP contribution in [0.2, 0.25) is 0 Å². The van der Waals surface area contributed by atoms with E-state index in [1.54, 1.807) is 0 Å². The average Bonchev–Trinajstić information content (AvgIpc) is 2.33. The summed E-state index contributed by atoms with van der Waals surface area (Å²) in [4.78, 5) is 0. The van der Waals surface area contributed by atoms with Gasteiger partial charge in [0.2, 0.25) is 0 Å². The summed E-state index contributed by atoms with van der Waals surface area (Å²) in [6.45, 7) is 0.232. The molecule has 1 aliphatic carbocycles. The standard InChI is InChI=1S/C14H21NO/c16-11-10-12-6-8-14(9-7-12)15-13-4-2-1-3-5-13/h6-9,13,15-16H,1-5,10-11H2. The minimum atomic E-state index is 0.232. The van der Waals surface area contributed by atoms with Gasteiger partial charge in [0.1, 0.15) is 0 Å². The molecule has 2 rings (SSSR count). The molecule has 88 valence electrons. The van der Waals surface area contributed by atoms with E-state index in [9.17, 15) is 0 Å². The Labute approximate surface area is 97.7 Å². The van der Waals surface area contributed by atoms with Crippen molar-refractivity contribution in [2.24, 2.45) is 0 Å². The maximum absolute atomic E-state index is 8.83. The highest BCUT2D eigenvalue weighted by Gasteiger charge is 2.12. The van der Waals surface area contributed by atoms with Gasteiger partial charge in [-0.2, -0.15) is 0 Å². The molecule has 1 saturated carbocycles. The van der Waals surface area contributed by atoms with E-state index in [4.69, 9.17) is 5.11 Å². The fraction of sp³-hybridized carbons (Fsp3) is 0.571. The van der Waals surface area contributed by atoms with Crippen molar-refractivity contribution in [2.75, 3.05) is 11.9 Å². The molecule has 0 amide bonds. The fourth-order valence-corrected chi connectivity index (χ4v) is 2.38. The Morgan fingerprint density at radius 1 is 1.06 bits per heavy atom. The Bertz CT molecular complexity index is 301. The molecule has 16 heavy (non-hydrogen) atoms. The van der Waals surface area contributed by atoms with Crippen LogP contribution in [0.3, 0.4) is 0 Å². The Hall–Kier alpha value is -1.02. The van der Waals surface area contributed by atoms with E-state index in [-0.39, 0.29) is 6.61 Å². The predicted molar refractivity (Wildman–Crippen MR) is 67.7 cm³/mol. The zero-order valence-corrected chi connectivity index (χ0v) is 9.78. The maximum Gasteiger partial charge on any atom is 0.0471 e. The number of aliphatic hydroxyl groups is 1. The highest BCUT2D eigenvalue weighted by atomic mass is 16.2. The Morgan fingerprint density at radius 3 is 2.38 bits per heavy atom. The third-order valence-corrected chi connectivity index (χ3v) is 3.33. The first-order chi connectivity index (χ1) is 7.88. The van der Waals surface area contributed by atoms with Crippen LogP contribution >= 0.6 is 0 Å². The molecule has 0 spiro atoms. The van der Waals surface area contributed by atoms with Crippen molar-refractivity contribution in [1.82, 2.24) is 0 Å². The molecule has 0 saturated heterocycles. The topological polar surface area (TPSA) is 32.3 Å². The van der Waals surface area contributed by atoms with Crippen LogP contribution in [-0.4, -0.2) is 17.8 Å². The second-order valence-electron chi connectivity index (χ2n) is 4.65. The normalized spacial score (nSPS) is 17.3. The lowest BCUT2D eigenvalue weighted by Crippen LogP contribution is -2.22. The average molecular weight is 219 g/mol. The lowest BCUT2D eigenvalue weighted by molar-refractivity contribution is 0.299. The lowest BCUT2D eigenvalue weighted by Gasteiger charge is -2.23. The van der Waals surface area contributed by atoms with Gasteiger partial charge in [0, 0.05) is 18.3 Å². The Balaban J connectivity index is 1.88. The van der Waals surface area contributed by atoms with Gasteiger partial charge in [0.05, 0.1) is 0 Å². The van der Waals surface area contributed by atoms with Crippen molar-refractivity contribution >= 4 is 5.69 Å². The first-order valence-corrected chi connectivity index (χ1v) is 6.35. The van der Waals surface area contributed by atoms with Crippen molar-refractivity contribution in [3.05, 3.63) is 29.8 Å². The van der Waals surface area contributed by atoms with Crippen LogP contribution in [0.15, 0.2) is 24.3 Å². The number of anilines is 1. The SMILES string of the molecule is OCCc1ccc(NC2CCCCC2)cc1. The molecule has 1 aromatic rings. The van der Waals surface area contributed by atoms with Crippen LogP contribution in [0.1, 0.15) is 37.7 Å². The summed E-state index contributed by atoms with van der Waals surface area (Å²) in [7, 11) is 0. The zero-order valence-electron chi connectivity index (χ0n) is 9.78. The van der Waals surface area contributed by atoms with Crippen LogP contribution in [0.5, 0.6) is 0 Å². The maximum atomic E-state index is 8.83. The summed E-state index contributed by atoms with van der Waals surface area (Å²) < 4.78 is 0. The molecule has 0 unspecified atom stereocenters.